The second-order valence-corrected chi connectivity index (χ2v) is 7.66. The molecule has 0 saturated carbocycles. The zero-order valence-electron chi connectivity index (χ0n) is 14.3. The molecule has 0 amide bonds. The first-order valence-corrected chi connectivity index (χ1v) is 8.29. The van der Waals surface area contributed by atoms with Gasteiger partial charge in [-0.15, -0.1) is 0 Å². The zero-order chi connectivity index (χ0) is 16.2. The summed E-state index contributed by atoms with van der Waals surface area (Å²) in [6.07, 6.45) is 0. The van der Waals surface area contributed by atoms with Crippen molar-refractivity contribution in [2.75, 3.05) is 0 Å². The molecule has 0 aliphatic carbocycles. The van der Waals surface area contributed by atoms with Crippen LogP contribution >= 0.6 is 0 Å². The van der Waals surface area contributed by atoms with Gasteiger partial charge in [0.15, 0.2) is 0 Å². The third kappa shape index (κ3) is 2.39. The van der Waals surface area contributed by atoms with E-state index in [-0.39, 0.29) is 5.41 Å². The number of hydrogen-bond donors (Lipinski definition) is 0. The Balaban J connectivity index is 2.06. The van der Waals surface area contributed by atoms with Crippen molar-refractivity contribution in [3.8, 4) is 0 Å². The van der Waals surface area contributed by atoms with Crippen LogP contribution in [0.15, 0.2) is 60.7 Å². The molecule has 0 nitrogen and oxygen atoms in total. The van der Waals surface area contributed by atoms with Crippen LogP contribution in [0.2, 0.25) is 0 Å². The van der Waals surface area contributed by atoms with Crippen LogP contribution in [0.3, 0.4) is 0 Å². The standard InChI is InChI=1S/C23H22/c1-15-9-18-12-19-10-16-7-5-6-8-17(16)11-20(19)13-21(18)14-22(15)23(2,3)4/h5-14H,1-4H3. The van der Waals surface area contributed by atoms with E-state index >= 15 is 0 Å². The fourth-order valence-electron chi connectivity index (χ4n) is 3.67. The monoisotopic (exact) mass is 298 g/mol. The smallest absolute Gasteiger partial charge is 0.0129 e. The highest BCUT2D eigenvalue weighted by Crippen LogP contribution is 2.33. The molecule has 0 aliphatic heterocycles. The molecular weight excluding hydrogens is 276 g/mol. The Bertz CT molecular complexity index is 1050. The molecule has 0 atom stereocenters. The Labute approximate surface area is 137 Å². The summed E-state index contributed by atoms with van der Waals surface area (Å²) in [5, 5.41) is 7.92. The summed E-state index contributed by atoms with van der Waals surface area (Å²) >= 11 is 0. The van der Waals surface area contributed by atoms with Crippen molar-refractivity contribution in [2.24, 2.45) is 0 Å². The number of fused-ring (bicyclic) bond motifs is 3. The molecule has 114 valence electrons. The van der Waals surface area contributed by atoms with Gasteiger partial charge in [0.1, 0.15) is 0 Å². The normalized spacial score (nSPS) is 12.3. The quantitative estimate of drug-likeness (QED) is 0.315. The van der Waals surface area contributed by atoms with Gasteiger partial charge in [-0.3, -0.25) is 0 Å². The molecule has 0 radical (unpaired) electrons. The SMILES string of the molecule is Cc1cc2cc3cc4ccccc4cc3cc2cc1C(C)(C)C. The van der Waals surface area contributed by atoms with E-state index in [0.717, 1.165) is 0 Å². The highest BCUT2D eigenvalue weighted by molar-refractivity contribution is 6.05. The number of rotatable bonds is 0. The van der Waals surface area contributed by atoms with Crippen molar-refractivity contribution in [1.82, 2.24) is 0 Å². The first kappa shape index (κ1) is 14.3. The first-order chi connectivity index (χ1) is 10.9. The van der Waals surface area contributed by atoms with Gasteiger partial charge in [-0.2, -0.15) is 0 Å². The molecule has 4 rings (SSSR count). The Morgan fingerprint density at radius 1 is 0.565 bits per heavy atom. The topological polar surface area (TPSA) is 0 Å². The summed E-state index contributed by atoms with van der Waals surface area (Å²) in [5.41, 5.74) is 2.99. The molecular formula is C23H22. The van der Waals surface area contributed by atoms with E-state index in [9.17, 15) is 0 Å². The van der Waals surface area contributed by atoms with Crippen molar-refractivity contribution >= 4 is 32.3 Å². The molecule has 0 saturated heterocycles. The fourth-order valence-corrected chi connectivity index (χ4v) is 3.67. The Morgan fingerprint density at radius 2 is 1.00 bits per heavy atom. The summed E-state index contributed by atoms with van der Waals surface area (Å²) < 4.78 is 0. The summed E-state index contributed by atoms with van der Waals surface area (Å²) in [4.78, 5) is 0. The summed E-state index contributed by atoms with van der Waals surface area (Å²) in [6, 6.07) is 22.6. The lowest BCUT2D eigenvalue weighted by molar-refractivity contribution is 0.587. The third-order valence-electron chi connectivity index (χ3n) is 4.81. The lowest BCUT2D eigenvalue weighted by Crippen LogP contribution is -2.12. The van der Waals surface area contributed by atoms with E-state index in [1.807, 2.05) is 0 Å². The maximum Gasteiger partial charge on any atom is -0.0129 e. The molecule has 4 aromatic rings. The molecule has 4 aromatic carbocycles. The van der Waals surface area contributed by atoms with Crippen LogP contribution in [-0.2, 0) is 5.41 Å². The van der Waals surface area contributed by atoms with Crippen LogP contribution in [0.1, 0.15) is 31.9 Å². The van der Waals surface area contributed by atoms with Crippen LogP contribution in [0.5, 0.6) is 0 Å². The average Bonchev–Trinajstić information content (AvgIpc) is 2.49. The molecule has 0 aliphatic rings. The average molecular weight is 298 g/mol. The minimum absolute atomic E-state index is 0.177. The number of benzene rings is 4. The largest absolute Gasteiger partial charge is 0.0616 e. The van der Waals surface area contributed by atoms with E-state index in [4.69, 9.17) is 0 Å². The first-order valence-electron chi connectivity index (χ1n) is 8.29. The second kappa shape index (κ2) is 4.83. The van der Waals surface area contributed by atoms with Gasteiger partial charge >= 0.3 is 0 Å². The minimum Gasteiger partial charge on any atom is -0.0616 e. The van der Waals surface area contributed by atoms with E-state index in [1.54, 1.807) is 0 Å². The van der Waals surface area contributed by atoms with E-state index < -0.39 is 0 Å². The number of aryl methyl sites for hydroxylation is 1. The molecule has 0 heteroatoms. The lowest BCUT2D eigenvalue weighted by Gasteiger charge is -2.22. The van der Waals surface area contributed by atoms with Crippen molar-refractivity contribution in [2.45, 2.75) is 33.1 Å². The van der Waals surface area contributed by atoms with Gasteiger partial charge in [0.05, 0.1) is 0 Å². The van der Waals surface area contributed by atoms with Gasteiger partial charge in [0, 0.05) is 0 Å². The maximum atomic E-state index is 2.37. The molecule has 0 fully saturated rings. The number of hydrogen-bond acceptors (Lipinski definition) is 0. The molecule has 0 bridgehead atoms. The van der Waals surface area contributed by atoms with E-state index in [2.05, 4.69) is 88.4 Å². The van der Waals surface area contributed by atoms with Gasteiger partial charge in [0.2, 0.25) is 0 Å². The predicted octanol–water partition coefficient (Wildman–Crippen LogP) is 6.75. The van der Waals surface area contributed by atoms with Crippen LogP contribution in [-0.4, -0.2) is 0 Å². The van der Waals surface area contributed by atoms with E-state index in [1.165, 1.54) is 43.4 Å². The van der Waals surface area contributed by atoms with Gasteiger partial charge < -0.3 is 0 Å². The van der Waals surface area contributed by atoms with Crippen LogP contribution in [0, 0.1) is 6.92 Å². The molecule has 0 aromatic heterocycles. The highest BCUT2D eigenvalue weighted by Gasteiger charge is 2.17. The van der Waals surface area contributed by atoms with Crippen molar-refractivity contribution in [3.63, 3.8) is 0 Å². The van der Waals surface area contributed by atoms with Crippen molar-refractivity contribution < 1.29 is 0 Å². The van der Waals surface area contributed by atoms with Gasteiger partial charge in [-0.1, -0.05) is 57.2 Å². The second-order valence-electron chi connectivity index (χ2n) is 7.66. The van der Waals surface area contributed by atoms with Gasteiger partial charge in [-0.05, 0) is 80.0 Å². The van der Waals surface area contributed by atoms with Gasteiger partial charge in [0.25, 0.3) is 0 Å². The third-order valence-corrected chi connectivity index (χ3v) is 4.81. The molecule has 0 heterocycles. The highest BCUT2D eigenvalue weighted by atomic mass is 14.2. The fraction of sp³-hybridized carbons (Fsp3) is 0.217. The Hall–Kier alpha value is -2.34. The zero-order valence-corrected chi connectivity index (χ0v) is 14.3. The van der Waals surface area contributed by atoms with Crippen LogP contribution in [0.25, 0.3) is 32.3 Å². The van der Waals surface area contributed by atoms with Gasteiger partial charge in [-0.25, -0.2) is 0 Å². The molecule has 0 spiro atoms. The van der Waals surface area contributed by atoms with Crippen LogP contribution < -0.4 is 0 Å². The minimum atomic E-state index is 0.177. The Morgan fingerprint density at radius 3 is 1.52 bits per heavy atom. The van der Waals surface area contributed by atoms with Crippen LogP contribution in [0.4, 0.5) is 0 Å². The predicted molar refractivity (Wildman–Crippen MR) is 102 cm³/mol. The molecule has 0 unspecified atom stereocenters. The van der Waals surface area contributed by atoms with Crippen molar-refractivity contribution in [1.29, 1.82) is 0 Å². The van der Waals surface area contributed by atoms with Crippen molar-refractivity contribution in [3.05, 3.63) is 71.8 Å². The maximum absolute atomic E-state index is 2.37. The summed E-state index contributed by atoms with van der Waals surface area (Å²) in [5.74, 6) is 0. The van der Waals surface area contributed by atoms with E-state index in [0.29, 0.717) is 0 Å². The lowest BCUT2D eigenvalue weighted by atomic mass is 9.82. The molecule has 23 heavy (non-hydrogen) atoms. The Kier molecular flexibility index (Phi) is 2.99. The summed E-state index contributed by atoms with van der Waals surface area (Å²) in [6.45, 7) is 9.09. The summed E-state index contributed by atoms with van der Waals surface area (Å²) in [7, 11) is 0. The molecule has 0 N–H and O–H groups in total.